The minimum atomic E-state index is -0.218. The second-order valence-electron chi connectivity index (χ2n) is 4.76. The molecule has 0 aromatic carbocycles. The predicted octanol–water partition coefficient (Wildman–Crippen LogP) is 2.76. The summed E-state index contributed by atoms with van der Waals surface area (Å²) in [6.07, 6.45) is 2.55. The lowest BCUT2D eigenvalue weighted by Crippen LogP contribution is -2.22. The molecule has 1 atom stereocenters. The lowest BCUT2D eigenvalue weighted by atomic mass is 10.2. The molecule has 0 aliphatic heterocycles. The van der Waals surface area contributed by atoms with E-state index in [2.05, 4.69) is 15.3 Å². The molecule has 104 valence electrons. The first-order valence-corrected chi connectivity index (χ1v) is 6.93. The first-order valence-electron chi connectivity index (χ1n) is 6.55. The fraction of sp³-hybridized carbons (Fsp3) is 0.615. The van der Waals surface area contributed by atoms with E-state index in [-0.39, 0.29) is 12.0 Å². The molecule has 0 amide bonds. The Kier molecular flexibility index (Phi) is 4.58. The third-order valence-electron chi connectivity index (χ3n) is 2.83. The van der Waals surface area contributed by atoms with Crippen LogP contribution in [0.3, 0.4) is 0 Å². The van der Waals surface area contributed by atoms with Crippen molar-refractivity contribution < 1.29 is 9.53 Å². The monoisotopic (exact) mass is 283 g/mol. The quantitative estimate of drug-likeness (QED) is 0.642. The van der Waals surface area contributed by atoms with Gasteiger partial charge in [-0.25, -0.2) is 9.97 Å². The Morgan fingerprint density at radius 2 is 2.32 bits per heavy atom. The normalized spacial score (nSPS) is 15.9. The van der Waals surface area contributed by atoms with E-state index in [1.807, 2.05) is 6.92 Å². The highest BCUT2D eigenvalue weighted by molar-refractivity contribution is 6.29. The lowest BCUT2D eigenvalue weighted by Gasteiger charge is -2.14. The van der Waals surface area contributed by atoms with Gasteiger partial charge in [-0.05, 0) is 26.7 Å². The van der Waals surface area contributed by atoms with Crippen molar-refractivity contribution in [2.75, 3.05) is 11.9 Å². The second-order valence-corrected chi connectivity index (χ2v) is 5.15. The number of anilines is 1. The topological polar surface area (TPSA) is 64.1 Å². The van der Waals surface area contributed by atoms with Crippen molar-refractivity contribution >= 4 is 23.4 Å². The molecule has 6 heteroatoms. The van der Waals surface area contributed by atoms with Gasteiger partial charge in [-0.2, -0.15) is 0 Å². The average molecular weight is 284 g/mol. The number of hydrogen-bond donors (Lipinski definition) is 1. The van der Waals surface area contributed by atoms with E-state index in [0.29, 0.717) is 29.9 Å². The van der Waals surface area contributed by atoms with Gasteiger partial charge < -0.3 is 10.1 Å². The number of nitrogens with one attached hydrogen (secondary N) is 1. The molecule has 1 aliphatic carbocycles. The average Bonchev–Trinajstić information content (AvgIpc) is 3.11. The van der Waals surface area contributed by atoms with E-state index in [9.17, 15) is 4.79 Å². The lowest BCUT2D eigenvalue weighted by molar-refractivity contribution is -0.143. The third kappa shape index (κ3) is 4.35. The smallest absolute Gasteiger partial charge is 0.307 e. The van der Waals surface area contributed by atoms with Gasteiger partial charge in [0.05, 0.1) is 13.0 Å². The van der Waals surface area contributed by atoms with Gasteiger partial charge in [0.25, 0.3) is 0 Å². The summed E-state index contributed by atoms with van der Waals surface area (Å²) in [6.45, 7) is 4.10. The van der Waals surface area contributed by atoms with Gasteiger partial charge in [-0.3, -0.25) is 4.79 Å². The van der Waals surface area contributed by atoms with Crippen molar-refractivity contribution in [1.29, 1.82) is 0 Å². The summed E-state index contributed by atoms with van der Waals surface area (Å²) in [7, 11) is 0. The van der Waals surface area contributed by atoms with Crippen molar-refractivity contribution in [2.45, 2.75) is 45.1 Å². The molecule has 1 fully saturated rings. The van der Waals surface area contributed by atoms with Gasteiger partial charge >= 0.3 is 5.97 Å². The molecule has 0 bridgehead atoms. The van der Waals surface area contributed by atoms with E-state index in [0.717, 1.165) is 18.7 Å². The van der Waals surface area contributed by atoms with Crippen molar-refractivity contribution in [3.05, 3.63) is 17.0 Å². The van der Waals surface area contributed by atoms with Crippen molar-refractivity contribution in [1.82, 2.24) is 9.97 Å². The highest BCUT2D eigenvalue weighted by Crippen LogP contribution is 2.38. The maximum absolute atomic E-state index is 11.4. The Hall–Kier alpha value is -1.36. The van der Waals surface area contributed by atoms with Crippen LogP contribution in [0.4, 0.5) is 5.82 Å². The summed E-state index contributed by atoms with van der Waals surface area (Å²) in [6, 6.07) is 1.62. The Balaban J connectivity index is 1.96. The summed E-state index contributed by atoms with van der Waals surface area (Å²) >= 11 is 5.98. The van der Waals surface area contributed by atoms with E-state index in [4.69, 9.17) is 16.3 Å². The van der Waals surface area contributed by atoms with Gasteiger partial charge in [-0.1, -0.05) is 11.6 Å². The molecule has 1 heterocycles. The summed E-state index contributed by atoms with van der Waals surface area (Å²) < 4.78 is 4.91. The molecule has 1 aromatic heterocycles. The molecule has 1 N–H and O–H groups in total. The molecular formula is C13H18ClN3O2. The molecule has 1 aliphatic rings. The van der Waals surface area contributed by atoms with Crippen LogP contribution in [0, 0.1) is 0 Å². The van der Waals surface area contributed by atoms with Crippen LogP contribution < -0.4 is 5.32 Å². The van der Waals surface area contributed by atoms with Crippen LogP contribution in [0.2, 0.25) is 5.15 Å². The number of ether oxygens (including phenoxy) is 1. The molecule has 1 unspecified atom stereocenters. The van der Waals surface area contributed by atoms with Crippen LogP contribution >= 0.6 is 11.6 Å². The standard InChI is InChI=1S/C13H18ClN3O2/c1-3-19-12(18)6-8(2)15-11-7-10(14)16-13(17-11)9-4-5-9/h7-9H,3-6H2,1-2H3,(H,15,16,17). The maximum atomic E-state index is 11.4. The zero-order valence-corrected chi connectivity index (χ0v) is 11.9. The number of esters is 1. The number of nitrogens with zero attached hydrogens (tertiary/aromatic N) is 2. The first-order chi connectivity index (χ1) is 9.08. The van der Waals surface area contributed by atoms with Crippen LogP contribution in [-0.4, -0.2) is 28.6 Å². The third-order valence-corrected chi connectivity index (χ3v) is 3.02. The van der Waals surface area contributed by atoms with E-state index >= 15 is 0 Å². The molecule has 0 spiro atoms. The molecule has 1 aromatic rings. The Bertz CT molecular complexity index is 463. The zero-order valence-electron chi connectivity index (χ0n) is 11.1. The van der Waals surface area contributed by atoms with Gasteiger partial charge in [0.15, 0.2) is 0 Å². The van der Waals surface area contributed by atoms with Crippen LogP contribution in [-0.2, 0) is 9.53 Å². The number of aromatic nitrogens is 2. The number of rotatable bonds is 6. The molecule has 0 radical (unpaired) electrons. The Labute approximate surface area is 117 Å². The van der Waals surface area contributed by atoms with Gasteiger partial charge in [0, 0.05) is 18.0 Å². The first kappa shape index (κ1) is 14.1. The minimum Gasteiger partial charge on any atom is -0.466 e. The van der Waals surface area contributed by atoms with Gasteiger partial charge in [0.1, 0.15) is 16.8 Å². The molecule has 5 nitrogen and oxygen atoms in total. The largest absolute Gasteiger partial charge is 0.466 e. The molecule has 19 heavy (non-hydrogen) atoms. The highest BCUT2D eigenvalue weighted by atomic mass is 35.5. The number of hydrogen-bond acceptors (Lipinski definition) is 5. The van der Waals surface area contributed by atoms with Crippen LogP contribution in [0.25, 0.3) is 0 Å². The van der Waals surface area contributed by atoms with Crippen molar-refractivity contribution in [2.24, 2.45) is 0 Å². The Morgan fingerprint density at radius 1 is 1.58 bits per heavy atom. The van der Waals surface area contributed by atoms with E-state index in [1.165, 1.54) is 0 Å². The zero-order chi connectivity index (χ0) is 13.8. The van der Waals surface area contributed by atoms with Gasteiger partial charge in [0.2, 0.25) is 0 Å². The summed E-state index contributed by atoms with van der Waals surface area (Å²) in [5, 5.41) is 3.59. The number of carbonyl (C=O) groups is 1. The van der Waals surface area contributed by atoms with Gasteiger partial charge in [-0.15, -0.1) is 0 Å². The fourth-order valence-corrected chi connectivity index (χ4v) is 2.00. The predicted molar refractivity (Wildman–Crippen MR) is 73.4 cm³/mol. The van der Waals surface area contributed by atoms with Crippen molar-refractivity contribution in [3.8, 4) is 0 Å². The maximum Gasteiger partial charge on any atom is 0.307 e. The second kappa shape index (κ2) is 6.19. The van der Waals surface area contributed by atoms with E-state index in [1.54, 1.807) is 13.0 Å². The van der Waals surface area contributed by atoms with E-state index < -0.39 is 0 Å². The molecule has 1 saturated carbocycles. The molecular weight excluding hydrogens is 266 g/mol. The highest BCUT2D eigenvalue weighted by Gasteiger charge is 2.27. The number of halogens is 1. The van der Waals surface area contributed by atoms with Crippen LogP contribution in [0.5, 0.6) is 0 Å². The minimum absolute atomic E-state index is 0.0583. The Morgan fingerprint density at radius 3 is 2.95 bits per heavy atom. The fourth-order valence-electron chi connectivity index (χ4n) is 1.81. The molecule has 2 rings (SSSR count). The SMILES string of the molecule is CCOC(=O)CC(C)Nc1cc(Cl)nc(C2CC2)n1. The van der Waals surface area contributed by atoms with Crippen LogP contribution in [0.1, 0.15) is 44.9 Å². The summed E-state index contributed by atoms with van der Waals surface area (Å²) in [5.41, 5.74) is 0. The summed E-state index contributed by atoms with van der Waals surface area (Å²) in [5.74, 6) is 1.68. The van der Waals surface area contributed by atoms with Crippen LogP contribution in [0.15, 0.2) is 6.07 Å². The molecule has 0 saturated heterocycles. The van der Waals surface area contributed by atoms with Crippen molar-refractivity contribution in [3.63, 3.8) is 0 Å². The number of carbonyl (C=O) groups excluding carboxylic acids is 1. The summed E-state index contributed by atoms with van der Waals surface area (Å²) in [4.78, 5) is 20.0.